The summed E-state index contributed by atoms with van der Waals surface area (Å²) in [7, 11) is 3.33. The summed E-state index contributed by atoms with van der Waals surface area (Å²) in [6.45, 7) is 1.98. The summed E-state index contributed by atoms with van der Waals surface area (Å²) in [4.78, 5) is 0. The van der Waals surface area contributed by atoms with Crippen LogP contribution in [-0.4, -0.2) is 14.2 Å². The molecule has 0 aliphatic carbocycles. The summed E-state index contributed by atoms with van der Waals surface area (Å²) >= 11 is 0. The first-order valence-electron chi connectivity index (χ1n) is 7.14. The van der Waals surface area contributed by atoms with Crippen LogP contribution in [0.25, 0.3) is 28.4 Å². The zero-order valence-corrected chi connectivity index (χ0v) is 12.9. The average Bonchev–Trinajstić information content (AvgIpc) is 2.99. The van der Waals surface area contributed by atoms with Gasteiger partial charge in [-0.1, -0.05) is 12.2 Å². The molecule has 0 atom stereocenters. The van der Waals surface area contributed by atoms with Crippen molar-refractivity contribution < 1.29 is 13.9 Å². The Kier molecular flexibility index (Phi) is 3.88. The second-order valence-corrected chi connectivity index (χ2v) is 4.97. The summed E-state index contributed by atoms with van der Waals surface area (Å²) in [5.74, 6) is 2.48. The van der Waals surface area contributed by atoms with Crippen molar-refractivity contribution in [2.45, 2.75) is 6.92 Å². The number of fused-ring (bicyclic) bond motifs is 1. The summed E-state index contributed by atoms with van der Waals surface area (Å²) < 4.78 is 16.6. The highest BCUT2D eigenvalue weighted by Gasteiger charge is 2.11. The van der Waals surface area contributed by atoms with Crippen LogP contribution in [-0.2, 0) is 0 Å². The molecular weight excluding hydrogens is 276 g/mol. The summed E-state index contributed by atoms with van der Waals surface area (Å²) in [6.07, 6.45) is 4.01. The number of rotatable bonds is 4. The van der Waals surface area contributed by atoms with Crippen molar-refractivity contribution in [1.29, 1.82) is 0 Å². The quantitative estimate of drug-likeness (QED) is 0.667. The third-order valence-corrected chi connectivity index (χ3v) is 3.57. The molecule has 0 fully saturated rings. The van der Waals surface area contributed by atoms with Gasteiger partial charge in [-0.3, -0.25) is 0 Å². The second kappa shape index (κ2) is 5.98. The Morgan fingerprint density at radius 3 is 2.27 bits per heavy atom. The van der Waals surface area contributed by atoms with E-state index in [1.165, 1.54) is 0 Å². The predicted octanol–water partition coefficient (Wildman–Crippen LogP) is 5.15. The van der Waals surface area contributed by atoms with Gasteiger partial charge < -0.3 is 13.9 Å². The predicted molar refractivity (Wildman–Crippen MR) is 89.5 cm³/mol. The van der Waals surface area contributed by atoms with E-state index in [0.29, 0.717) is 0 Å². The smallest absolute Gasteiger partial charge is 0.142 e. The Bertz CT molecular complexity index is 811. The SMILES string of the molecule is C/C=C\c1cc(OC)cc2cc(-c3ccc(OC)cc3)oc12. The Morgan fingerprint density at radius 2 is 1.64 bits per heavy atom. The summed E-state index contributed by atoms with van der Waals surface area (Å²) in [5, 5.41) is 1.03. The van der Waals surface area contributed by atoms with Gasteiger partial charge in [0.15, 0.2) is 0 Å². The molecule has 0 N–H and O–H groups in total. The standard InChI is InChI=1S/C19H18O3/c1-4-5-14-10-17(21-3)11-15-12-18(22-19(14)15)13-6-8-16(20-2)9-7-13/h4-12H,1-3H3/b5-4-. The van der Waals surface area contributed by atoms with Crippen LogP contribution in [0.4, 0.5) is 0 Å². The van der Waals surface area contributed by atoms with Gasteiger partial charge in [-0.05, 0) is 49.4 Å². The van der Waals surface area contributed by atoms with Crippen molar-refractivity contribution in [1.82, 2.24) is 0 Å². The number of furan rings is 1. The Balaban J connectivity index is 2.13. The molecule has 112 valence electrons. The third kappa shape index (κ3) is 2.58. The van der Waals surface area contributed by atoms with Crippen LogP contribution >= 0.6 is 0 Å². The first-order chi connectivity index (χ1) is 10.7. The van der Waals surface area contributed by atoms with E-state index in [9.17, 15) is 0 Å². The van der Waals surface area contributed by atoms with Crippen molar-refractivity contribution in [2.24, 2.45) is 0 Å². The van der Waals surface area contributed by atoms with Gasteiger partial charge in [-0.25, -0.2) is 0 Å². The monoisotopic (exact) mass is 294 g/mol. The Labute approximate surface area is 129 Å². The minimum Gasteiger partial charge on any atom is -0.497 e. The van der Waals surface area contributed by atoms with E-state index < -0.39 is 0 Å². The lowest BCUT2D eigenvalue weighted by Crippen LogP contribution is -1.83. The molecule has 3 rings (SSSR count). The molecule has 22 heavy (non-hydrogen) atoms. The van der Waals surface area contributed by atoms with Crippen LogP contribution in [0.2, 0.25) is 0 Å². The molecule has 2 aromatic carbocycles. The van der Waals surface area contributed by atoms with Gasteiger partial charge in [-0.2, -0.15) is 0 Å². The molecule has 0 aliphatic rings. The molecule has 0 saturated heterocycles. The van der Waals surface area contributed by atoms with Gasteiger partial charge in [0.25, 0.3) is 0 Å². The van der Waals surface area contributed by atoms with Crippen molar-refractivity contribution >= 4 is 17.0 Å². The largest absolute Gasteiger partial charge is 0.497 e. The van der Waals surface area contributed by atoms with E-state index in [2.05, 4.69) is 0 Å². The first kappa shape index (κ1) is 14.3. The minimum atomic E-state index is 0.822. The highest BCUT2D eigenvalue weighted by molar-refractivity contribution is 5.90. The molecule has 1 heterocycles. The topological polar surface area (TPSA) is 31.6 Å². The highest BCUT2D eigenvalue weighted by atomic mass is 16.5. The highest BCUT2D eigenvalue weighted by Crippen LogP contribution is 2.34. The lowest BCUT2D eigenvalue weighted by molar-refractivity contribution is 0.414. The lowest BCUT2D eigenvalue weighted by Gasteiger charge is -2.02. The van der Waals surface area contributed by atoms with E-state index >= 15 is 0 Å². The Hall–Kier alpha value is -2.68. The molecule has 0 amide bonds. The number of methoxy groups -OCH3 is 2. The number of ether oxygens (including phenoxy) is 2. The van der Waals surface area contributed by atoms with Gasteiger partial charge in [0.1, 0.15) is 22.8 Å². The maximum Gasteiger partial charge on any atom is 0.142 e. The van der Waals surface area contributed by atoms with Crippen LogP contribution in [0, 0.1) is 0 Å². The summed E-state index contributed by atoms with van der Waals surface area (Å²) in [5.41, 5.74) is 2.89. The second-order valence-electron chi connectivity index (χ2n) is 4.97. The normalized spacial score (nSPS) is 11.2. The molecule has 3 heteroatoms. The van der Waals surface area contributed by atoms with E-state index in [0.717, 1.165) is 39.4 Å². The fraction of sp³-hybridized carbons (Fsp3) is 0.158. The van der Waals surface area contributed by atoms with E-state index in [4.69, 9.17) is 13.9 Å². The van der Waals surface area contributed by atoms with Crippen molar-refractivity contribution in [3.8, 4) is 22.8 Å². The van der Waals surface area contributed by atoms with Gasteiger partial charge in [0.05, 0.1) is 14.2 Å². The molecule has 0 radical (unpaired) electrons. The molecule has 0 unspecified atom stereocenters. The van der Waals surface area contributed by atoms with Crippen molar-refractivity contribution in [3.05, 3.63) is 54.1 Å². The zero-order valence-electron chi connectivity index (χ0n) is 12.9. The van der Waals surface area contributed by atoms with E-state index in [1.54, 1.807) is 14.2 Å². The van der Waals surface area contributed by atoms with E-state index in [1.807, 2.05) is 61.5 Å². The molecule has 0 saturated carbocycles. The zero-order chi connectivity index (χ0) is 15.5. The molecular formula is C19H18O3. The third-order valence-electron chi connectivity index (χ3n) is 3.57. The maximum atomic E-state index is 6.06. The number of allylic oxidation sites excluding steroid dienone is 1. The molecule has 0 spiro atoms. The van der Waals surface area contributed by atoms with Crippen LogP contribution in [0.1, 0.15) is 12.5 Å². The molecule has 0 bridgehead atoms. The van der Waals surface area contributed by atoms with E-state index in [-0.39, 0.29) is 0 Å². The van der Waals surface area contributed by atoms with Gasteiger partial charge in [0.2, 0.25) is 0 Å². The first-order valence-corrected chi connectivity index (χ1v) is 7.14. The van der Waals surface area contributed by atoms with Gasteiger partial charge in [0, 0.05) is 16.5 Å². The van der Waals surface area contributed by atoms with Gasteiger partial charge >= 0.3 is 0 Å². The fourth-order valence-corrected chi connectivity index (χ4v) is 2.47. The minimum absolute atomic E-state index is 0.822. The van der Waals surface area contributed by atoms with Crippen molar-refractivity contribution in [2.75, 3.05) is 14.2 Å². The maximum absolute atomic E-state index is 6.06. The van der Waals surface area contributed by atoms with Crippen LogP contribution < -0.4 is 9.47 Å². The van der Waals surface area contributed by atoms with Crippen molar-refractivity contribution in [3.63, 3.8) is 0 Å². The summed E-state index contributed by atoms with van der Waals surface area (Å²) in [6, 6.07) is 13.8. The van der Waals surface area contributed by atoms with Crippen LogP contribution in [0.15, 0.2) is 53.0 Å². The lowest BCUT2D eigenvalue weighted by atomic mass is 10.1. The average molecular weight is 294 g/mol. The molecule has 3 aromatic rings. The van der Waals surface area contributed by atoms with Crippen LogP contribution in [0.3, 0.4) is 0 Å². The number of hydrogen-bond donors (Lipinski definition) is 0. The van der Waals surface area contributed by atoms with Gasteiger partial charge in [-0.15, -0.1) is 0 Å². The Morgan fingerprint density at radius 1 is 0.909 bits per heavy atom. The molecule has 0 aliphatic heterocycles. The van der Waals surface area contributed by atoms with Crippen LogP contribution in [0.5, 0.6) is 11.5 Å². The molecule has 3 nitrogen and oxygen atoms in total. The number of hydrogen-bond acceptors (Lipinski definition) is 3. The number of benzene rings is 2. The fourth-order valence-electron chi connectivity index (χ4n) is 2.47. The molecule has 1 aromatic heterocycles.